The largest absolute Gasteiger partial charge is 0.504 e. The number of aromatic hydroxyl groups is 2. The number of β-lactam (4-membered cyclic amide) rings is 1. The van der Waals surface area contributed by atoms with E-state index in [9.17, 15) is 54.5 Å². The van der Waals surface area contributed by atoms with Crippen molar-refractivity contribution in [3.8, 4) is 17.6 Å². The third-order valence-electron chi connectivity index (χ3n) is 7.96. The number of carboxylic acid groups (broad SMARTS) is 2. The van der Waals surface area contributed by atoms with Gasteiger partial charge in [0.15, 0.2) is 22.3 Å². The lowest BCUT2D eigenvalue weighted by atomic mass is 9.97. The summed E-state index contributed by atoms with van der Waals surface area (Å²) in [5.41, 5.74) is 1.02. The number of nitrogen functional groups attached to an aromatic ring is 1. The van der Waals surface area contributed by atoms with E-state index in [0.717, 1.165) is 40.3 Å². The van der Waals surface area contributed by atoms with Gasteiger partial charge in [-0.2, -0.15) is 5.26 Å². The molecule has 0 radical (unpaired) electrons. The molecule has 1 fully saturated rings. The predicted octanol–water partition coefficient (Wildman–Crippen LogP) is 0.381. The Hall–Kier alpha value is -6.14. The maximum atomic E-state index is 13.4. The van der Waals surface area contributed by atoms with Crippen molar-refractivity contribution in [2.75, 3.05) is 11.5 Å². The second-order valence-electron chi connectivity index (χ2n) is 11.6. The lowest BCUT2D eigenvalue weighted by molar-refractivity contribution is -0.161. The van der Waals surface area contributed by atoms with E-state index in [1.54, 1.807) is 13.0 Å². The molecule has 1 saturated heterocycles. The van der Waals surface area contributed by atoms with Gasteiger partial charge in [-0.1, -0.05) is 12.1 Å². The van der Waals surface area contributed by atoms with Crippen LogP contribution in [0.5, 0.6) is 11.5 Å². The second kappa shape index (κ2) is 13.6. The van der Waals surface area contributed by atoms with Gasteiger partial charge in [0, 0.05) is 23.4 Å². The normalized spacial score (nSPS) is 18.0. The number of amides is 3. The van der Waals surface area contributed by atoms with Gasteiger partial charge >= 0.3 is 11.9 Å². The van der Waals surface area contributed by atoms with Crippen molar-refractivity contribution in [3.63, 3.8) is 0 Å². The van der Waals surface area contributed by atoms with E-state index in [2.05, 4.69) is 25.8 Å². The zero-order valence-corrected chi connectivity index (χ0v) is 28.3. The number of carbonyl (C=O) groups is 5. The number of fused-ring (bicyclic) bond motifs is 2. The van der Waals surface area contributed by atoms with Crippen LogP contribution in [0.1, 0.15) is 48.8 Å². The van der Waals surface area contributed by atoms with Crippen LogP contribution < -0.4 is 21.8 Å². The highest BCUT2D eigenvalue weighted by molar-refractivity contribution is 8.00. The van der Waals surface area contributed by atoms with Crippen molar-refractivity contribution < 1.29 is 49.2 Å². The molecule has 51 heavy (non-hydrogen) atoms. The fourth-order valence-corrected chi connectivity index (χ4v) is 7.20. The Labute approximate surface area is 294 Å². The Morgan fingerprint density at radius 3 is 2.57 bits per heavy atom. The van der Waals surface area contributed by atoms with Gasteiger partial charge in [0.2, 0.25) is 11.0 Å². The third kappa shape index (κ3) is 6.49. The molecule has 2 aliphatic rings. The number of rotatable bonds is 11. The number of nitrogens with two attached hydrogens (primary N) is 1. The van der Waals surface area contributed by atoms with Crippen LogP contribution in [-0.4, -0.2) is 99.5 Å². The summed E-state index contributed by atoms with van der Waals surface area (Å²) >= 11 is 2.05. The highest BCUT2D eigenvalue weighted by Gasteiger charge is 2.55. The number of hydrogen-bond acceptors (Lipinski definition) is 15. The molecule has 0 aliphatic carbocycles. The average Bonchev–Trinajstić information content (AvgIpc) is 3.51. The van der Waals surface area contributed by atoms with E-state index in [-0.39, 0.29) is 39.5 Å². The van der Waals surface area contributed by atoms with E-state index >= 15 is 0 Å². The van der Waals surface area contributed by atoms with Crippen LogP contribution in [0, 0.1) is 11.3 Å². The number of benzene rings is 1. The summed E-state index contributed by atoms with van der Waals surface area (Å²) in [7, 11) is 0. The molecule has 5 rings (SSSR count). The van der Waals surface area contributed by atoms with Crippen molar-refractivity contribution in [1.29, 1.82) is 5.26 Å². The van der Waals surface area contributed by atoms with Crippen LogP contribution in [0.15, 0.2) is 38.9 Å². The Morgan fingerprint density at radius 1 is 1.27 bits per heavy atom. The van der Waals surface area contributed by atoms with Crippen molar-refractivity contribution in [3.05, 3.63) is 56.0 Å². The zero-order valence-electron chi connectivity index (χ0n) is 26.7. The fourth-order valence-electron chi connectivity index (χ4n) is 5.23. The van der Waals surface area contributed by atoms with E-state index in [1.807, 2.05) is 0 Å². The Balaban J connectivity index is 1.40. The molecule has 2 aliphatic heterocycles. The van der Waals surface area contributed by atoms with Crippen LogP contribution in [0.2, 0.25) is 0 Å². The number of phenolic OH excluding ortho intramolecular Hbond substituents is 2. The Morgan fingerprint density at radius 2 is 1.98 bits per heavy atom. The number of aromatic amines is 1. The van der Waals surface area contributed by atoms with Gasteiger partial charge in [0.1, 0.15) is 40.0 Å². The molecule has 3 amide bonds. The number of carboxylic acids is 2. The number of thiazole rings is 1. The van der Waals surface area contributed by atoms with E-state index in [1.165, 1.54) is 19.2 Å². The number of thioether (sulfide) groups is 1. The van der Waals surface area contributed by atoms with Crippen molar-refractivity contribution >= 4 is 74.5 Å². The highest BCUT2D eigenvalue weighted by Crippen LogP contribution is 2.41. The van der Waals surface area contributed by atoms with Gasteiger partial charge in [-0.25, -0.2) is 14.6 Å². The molecule has 21 heteroatoms. The molecular formula is C30H28N8O11S2. The second-order valence-corrected chi connectivity index (χ2v) is 13.6. The van der Waals surface area contributed by atoms with E-state index in [4.69, 9.17) is 10.6 Å². The molecule has 9 N–H and O–H groups in total. The summed E-state index contributed by atoms with van der Waals surface area (Å²) in [5, 5.41) is 58.0. The Bertz CT molecular complexity index is 2190. The minimum atomic E-state index is -1.84. The number of oxime groups is 1. The molecular weight excluding hydrogens is 713 g/mol. The molecule has 0 bridgehead atoms. The van der Waals surface area contributed by atoms with Gasteiger partial charge in [-0.3, -0.25) is 24.1 Å². The first kappa shape index (κ1) is 36.1. The monoisotopic (exact) mass is 740 g/mol. The summed E-state index contributed by atoms with van der Waals surface area (Å²) < 4.78 is 0. The number of H-pyrrole nitrogens is 1. The topological polar surface area (TPSA) is 311 Å². The number of nitrogens with one attached hydrogen (secondary N) is 3. The standard InChI is InChI=1S/C30H28N8O11S2/c1-4-13(34-23(42)11-7-33-14-5-16(39)21(40)10(6-31)17(14)22(11)41)12-8-50-26-19(25(44)38(26)20(12)27(45)46)36-24(43)18(15-9-51-29(32)35-15)37-49-30(2,3)28(47)48/h5,7,9,13,19,26,39-40H,4,8H2,1-3H3,(H2,32,35)(H,33,41)(H,34,42)(H,36,43)(H,45,46)(H,47,48)/b37-18-/t13?,19?,26-/m0/s1. The number of aromatic nitrogens is 2. The minimum absolute atomic E-state index is 0.0234. The van der Waals surface area contributed by atoms with E-state index in [0.29, 0.717) is 0 Å². The highest BCUT2D eigenvalue weighted by atomic mass is 32.2. The summed E-state index contributed by atoms with van der Waals surface area (Å²) in [6, 6.07) is 0.398. The number of pyridine rings is 1. The van der Waals surface area contributed by atoms with Crippen LogP contribution in [0.25, 0.3) is 10.9 Å². The molecule has 2 unspecified atom stereocenters. The Kier molecular flexibility index (Phi) is 9.67. The van der Waals surface area contributed by atoms with Crippen molar-refractivity contribution in [2.45, 2.75) is 50.3 Å². The molecule has 3 atom stereocenters. The van der Waals surface area contributed by atoms with Gasteiger partial charge in [-0.15, -0.1) is 23.1 Å². The molecule has 3 aromatic rings. The molecule has 1 aromatic carbocycles. The van der Waals surface area contributed by atoms with Crippen molar-refractivity contribution in [2.24, 2.45) is 5.16 Å². The van der Waals surface area contributed by atoms with Crippen LogP contribution in [0.3, 0.4) is 0 Å². The fraction of sp³-hybridized carbons (Fsp3) is 0.300. The first-order valence-electron chi connectivity index (χ1n) is 14.8. The summed E-state index contributed by atoms with van der Waals surface area (Å²) in [5.74, 6) is -7.14. The number of nitriles is 1. The SMILES string of the molecule is CCC(NC(=O)c1c[nH]c2cc(O)c(O)c(C#N)c2c1=O)C1=C(C(=O)O)N2C(=O)C(NC(=O)/C(=N\OC(C)(C)C(=O)O)c3csc(N)n3)[C@@H]2SC1. The molecule has 266 valence electrons. The molecule has 0 saturated carbocycles. The number of carbonyl (C=O) groups excluding carboxylic acids is 3. The number of aliphatic carboxylic acids is 2. The van der Waals surface area contributed by atoms with Crippen LogP contribution >= 0.6 is 23.1 Å². The molecule has 4 heterocycles. The predicted molar refractivity (Wildman–Crippen MR) is 180 cm³/mol. The molecule has 2 aromatic heterocycles. The first-order chi connectivity index (χ1) is 24.0. The van der Waals surface area contributed by atoms with Gasteiger partial charge in [-0.05, 0) is 25.8 Å². The average molecular weight is 741 g/mol. The lowest BCUT2D eigenvalue weighted by Crippen LogP contribution is -2.71. The number of anilines is 1. The first-order valence-corrected chi connectivity index (χ1v) is 16.7. The third-order valence-corrected chi connectivity index (χ3v) is 9.94. The summed E-state index contributed by atoms with van der Waals surface area (Å²) in [6.45, 7) is 4.03. The smallest absolute Gasteiger partial charge is 0.352 e. The van der Waals surface area contributed by atoms with Gasteiger partial charge < -0.3 is 46.6 Å². The quantitative estimate of drug-likeness (QED) is 0.0570. The molecule has 0 spiro atoms. The number of nitrogens with zero attached hydrogens (tertiary/aromatic N) is 4. The van der Waals surface area contributed by atoms with Gasteiger partial charge in [0.25, 0.3) is 17.7 Å². The van der Waals surface area contributed by atoms with Crippen molar-refractivity contribution in [1.82, 2.24) is 25.5 Å². The molecule has 19 nitrogen and oxygen atoms in total. The zero-order chi connectivity index (χ0) is 37.5. The number of hydrogen-bond donors (Lipinski definition) is 8. The summed E-state index contributed by atoms with van der Waals surface area (Å²) in [6.07, 6.45) is 1.16. The van der Waals surface area contributed by atoms with Gasteiger partial charge in [0.05, 0.1) is 16.9 Å². The van der Waals surface area contributed by atoms with E-state index < -0.39 is 92.2 Å². The summed E-state index contributed by atoms with van der Waals surface area (Å²) in [4.78, 5) is 90.2. The number of phenols is 2. The maximum absolute atomic E-state index is 13.4. The van der Waals surface area contributed by atoms with Crippen LogP contribution in [0.4, 0.5) is 5.13 Å². The minimum Gasteiger partial charge on any atom is -0.504 e. The lowest BCUT2D eigenvalue weighted by Gasteiger charge is -2.50. The maximum Gasteiger partial charge on any atom is 0.352 e. The van der Waals surface area contributed by atoms with Crippen LogP contribution in [-0.2, 0) is 24.0 Å².